The van der Waals surface area contributed by atoms with Crippen LogP contribution in [0.3, 0.4) is 0 Å². The van der Waals surface area contributed by atoms with Crippen molar-refractivity contribution in [2.24, 2.45) is 0 Å². The Labute approximate surface area is 214 Å². The van der Waals surface area contributed by atoms with Gasteiger partial charge in [-0.3, -0.25) is 9.59 Å². The Morgan fingerprint density at radius 1 is 1.18 bits per heavy atom. The number of carbonyl (C=O) groups excluding carboxylic acids is 2. The van der Waals surface area contributed by atoms with Crippen molar-refractivity contribution < 1.29 is 27.5 Å². The second-order valence-corrected chi connectivity index (χ2v) is 8.17. The van der Waals surface area contributed by atoms with Crippen LogP contribution in [0.2, 0.25) is 0 Å². The van der Waals surface area contributed by atoms with Gasteiger partial charge >= 0.3 is 6.18 Å². The summed E-state index contributed by atoms with van der Waals surface area (Å²) in [5.41, 5.74) is 9.14. The summed E-state index contributed by atoms with van der Waals surface area (Å²) in [6.45, 7) is 2.01. The predicted molar refractivity (Wildman–Crippen MR) is 134 cm³/mol. The molecule has 13 heteroatoms. The molecule has 0 aliphatic heterocycles. The molecule has 2 aromatic heterocycles. The molecule has 10 nitrogen and oxygen atoms in total. The summed E-state index contributed by atoms with van der Waals surface area (Å²) in [6.07, 6.45) is -2.15. The number of carbonyl (C=O) groups is 2. The van der Waals surface area contributed by atoms with Crippen LogP contribution < -0.4 is 15.8 Å². The molecule has 0 spiro atoms. The first-order chi connectivity index (χ1) is 18.0. The Morgan fingerprint density at radius 3 is 2.50 bits per heavy atom. The third-order valence-corrected chi connectivity index (χ3v) is 5.56. The Hall–Kier alpha value is -4.94. The molecule has 0 saturated heterocycles. The van der Waals surface area contributed by atoms with E-state index in [0.717, 1.165) is 13.1 Å². The van der Waals surface area contributed by atoms with Gasteiger partial charge in [0.15, 0.2) is 5.82 Å². The van der Waals surface area contributed by atoms with E-state index in [9.17, 15) is 22.8 Å². The van der Waals surface area contributed by atoms with Crippen molar-refractivity contribution in [2.75, 3.05) is 31.8 Å². The maximum absolute atomic E-state index is 12.8. The molecule has 3 N–H and O–H groups in total. The number of rotatable bonds is 7. The van der Waals surface area contributed by atoms with Gasteiger partial charge in [0.25, 0.3) is 5.91 Å². The Balaban J connectivity index is 1.82. The molecule has 38 heavy (non-hydrogen) atoms. The van der Waals surface area contributed by atoms with E-state index in [-0.39, 0.29) is 23.0 Å². The lowest BCUT2D eigenvalue weighted by Gasteiger charge is -2.20. The first-order valence-corrected chi connectivity index (χ1v) is 11.1. The van der Waals surface area contributed by atoms with Crippen LogP contribution in [0.25, 0.3) is 27.9 Å². The fourth-order valence-corrected chi connectivity index (χ4v) is 3.87. The molecule has 4 rings (SSSR count). The van der Waals surface area contributed by atoms with Crippen LogP contribution in [0.15, 0.2) is 61.4 Å². The largest absolute Gasteiger partial charge is 0.496 e. The molecule has 0 unspecified atom stereocenters. The Bertz CT molecular complexity index is 1530. The van der Waals surface area contributed by atoms with Crippen molar-refractivity contribution >= 4 is 28.8 Å². The summed E-state index contributed by atoms with van der Waals surface area (Å²) < 4.78 is 45.2. The van der Waals surface area contributed by atoms with Gasteiger partial charge in [0.05, 0.1) is 12.7 Å². The lowest BCUT2D eigenvalue weighted by Crippen LogP contribution is -2.36. The number of amides is 2. The smallest absolute Gasteiger partial charge is 0.406 e. The van der Waals surface area contributed by atoms with Gasteiger partial charge in [-0.25, -0.2) is 4.98 Å². The first-order valence-electron chi connectivity index (χ1n) is 11.1. The first kappa shape index (κ1) is 26.1. The molecule has 4 aromatic rings. The van der Waals surface area contributed by atoms with E-state index < -0.39 is 18.6 Å². The van der Waals surface area contributed by atoms with E-state index in [1.54, 1.807) is 30.3 Å². The van der Waals surface area contributed by atoms with Gasteiger partial charge in [0.1, 0.15) is 29.8 Å². The van der Waals surface area contributed by atoms with Crippen LogP contribution in [0.1, 0.15) is 10.4 Å². The Kier molecular flexibility index (Phi) is 7.02. The topological polar surface area (TPSA) is 128 Å². The second kappa shape index (κ2) is 10.2. The number of hydrogen-bond acceptors (Lipinski definition) is 7. The minimum Gasteiger partial charge on any atom is -0.496 e. The Morgan fingerprint density at radius 2 is 1.87 bits per heavy atom. The maximum Gasteiger partial charge on any atom is 0.406 e. The van der Waals surface area contributed by atoms with Crippen molar-refractivity contribution in [1.29, 1.82) is 0 Å². The fraction of sp³-hybridized carbons (Fsp3) is 0.160. The molecule has 0 atom stereocenters. The van der Waals surface area contributed by atoms with Crippen molar-refractivity contribution in [2.45, 2.75) is 6.18 Å². The quantitative estimate of drug-likeness (QED) is 0.351. The number of benzene rings is 2. The highest BCUT2D eigenvalue weighted by atomic mass is 19.4. The van der Waals surface area contributed by atoms with Gasteiger partial charge in [-0.2, -0.15) is 13.2 Å². The van der Waals surface area contributed by atoms with Gasteiger partial charge in [-0.05, 0) is 35.9 Å². The monoisotopic (exact) mass is 525 g/mol. The molecule has 2 amide bonds. The zero-order valence-electron chi connectivity index (χ0n) is 20.3. The van der Waals surface area contributed by atoms with Crippen LogP contribution in [0, 0.1) is 0 Å². The standard InChI is InChI=1S/C25H22F3N7O3/c1-4-19(36)32-16-8-5-14(6-9-16)21-20(22-23(29)30-13-31-35(22)33-21)15-7-10-17(18(11-15)38-3)24(37)34(2)12-25(26,27)28/h4-11,13H,1,12H2,2-3H3,(H,32,36)(H2,29,30,31). The number of nitrogens with one attached hydrogen (secondary N) is 1. The SMILES string of the molecule is C=CC(=O)Nc1ccc(-c2nn3ncnc(N)c3c2-c2ccc(C(=O)N(C)CC(F)(F)F)c(OC)c2)cc1. The average Bonchev–Trinajstić information content (AvgIpc) is 3.28. The van der Waals surface area contributed by atoms with Gasteiger partial charge in [0.2, 0.25) is 5.91 Å². The molecular weight excluding hydrogens is 503 g/mol. The lowest BCUT2D eigenvalue weighted by molar-refractivity contribution is -0.138. The number of anilines is 2. The minimum atomic E-state index is -4.55. The molecule has 2 aromatic carbocycles. The number of ether oxygens (including phenoxy) is 1. The van der Waals surface area contributed by atoms with Gasteiger partial charge in [-0.15, -0.1) is 14.8 Å². The molecule has 0 aliphatic rings. The molecule has 196 valence electrons. The van der Waals surface area contributed by atoms with Gasteiger partial charge < -0.3 is 20.7 Å². The number of alkyl halides is 3. The summed E-state index contributed by atoms with van der Waals surface area (Å²) in [5.74, 6) is -1.03. The van der Waals surface area contributed by atoms with Crippen LogP contribution in [0.4, 0.5) is 24.7 Å². The van der Waals surface area contributed by atoms with E-state index in [2.05, 4.69) is 27.1 Å². The predicted octanol–water partition coefficient (Wildman–Crippen LogP) is 3.81. The van der Waals surface area contributed by atoms with Crippen LogP contribution in [0.5, 0.6) is 5.75 Å². The molecule has 0 fully saturated rings. The van der Waals surface area contributed by atoms with Crippen molar-refractivity contribution in [3.63, 3.8) is 0 Å². The minimum absolute atomic E-state index is 0.0486. The second-order valence-electron chi connectivity index (χ2n) is 8.17. The molecule has 0 radical (unpaired) electrons. The number of fused-ring (bicyclic) bond motifs is 1. The summed E-state index contributed by atoms with van der Waals surface area (Å²) in [4.78, 5) is 29.0. The highest BCUT2D eigenvalue weighted by Crippen LogP contribution is 2.39. The van der Waals surface area contributed by atoms with E-state index >= 15 is 0 Å². The molecule has 0 bridgehead atoms. The number of aromatic nitrogens is 4. The molecular formula is C25H22F3N7O3. The normalized spacial score (nSPS) is 11.3. The molecule has 0 aliphatic carbocycles. The van der Waals surface area contributed by atoms with Crippen molar-refractivity contribution in [3.8, 4) is 28.1 Å². The molecule has 0 saturated carbocycles. The summed E-state index contributed by atoms with van der Waals surface area (Å²) in [5, 5.41) is 11.3. The van der Waals surface area contributed by atoms with Crippen molar-refractivity contribution in [1.82, 2.24) is 24.7 Å². The number of nitrogens with two attached hydrogens (primary N) is 1. The summed E-state index contributed by atoms with van der Waals surface area (Å²) >= 11 is 0. The van der Waals surface area contributed by atoms with Gasteiger partial charge in [0, 0.05) is 23.9 Å². The fourth-order valence-electron chi connectivity index (χ4n) is 3.87. The van der Waals surface area contributed by atoms with Gasteiger partial charge in [-0.1, -0.05) is 24.8 Å². The van der Waals surface area contributed by atoms with Crippen LogP contribution >= 0.6 is 0 Å². The van der Waals surface area contributed by atoms with Crippen molar-refractivity contribution in [3.05, 3.63) is 67.0 Å². The summed E-state index contributed by atoms with van der Waals surface area (Å²) in [6, 6.07) is 11.3. The number of nitrogen functional groups attached to an aromatic ring is 1. The summed E-state index contributed by atoms with van der Waals surface area (Å²) in [7, 11) is 2.37. The highest BCUT2D eigenvalue weighted by Gasteiger charge is 2.32. The van der Waals surface area contributed by atoms with E-state index in [1.807, 2.05) is 0 Å². The van der Waals surface area contributed by atoms with Crippen LogP contribution in [-0.4, -0.2) is 63.4 Å². The number of nitrogens with zero attached hydrogens (tertiary/aromatic N) is 5. The van der Waals surface area contributed by atoms with E-state index in [4.69, 9.17) is 10.5 Å². The zero-order valence-corrected chi connectivity index (χ0v) is 20.3. The number of hydrogen-bond donors (Lipinski definition) is 2. The average molecular weight is 525 g/mol. The lowest BCUT2D eigenvalue weighted by atomic mass is 9.98. The zero-order chi connectivity index (χ0) is 27.6. The highest BCUT2D eigenvalue weighted by molar-refractivity contribution is 6.01. The third-order valence-electron chi connectivity index (χ3n) is 5.56. The van der Waals surface area contributed by atoms with E-state index in [1.165, 1.54) is 30.2 Å². The number of methoxy groups -OCH3 is 1. The molecule has 2 heterocycles. The van der Waals surface area contributed by atoms with Crippen LogP contribution in [-0.2, 0) is 4.79 Å². The van der Waals surface area contributed by atoms with E-state index in [0.29, 0.717) is 38.5 Å². The number of halogens is 3. The maximum atomic E-state index is 12.8. The third kappa shape index (κ3) is 5.26.